The predicted octanol–water partition coefficient (Wildman–Crippen LogP) is 4.47. The van der Waals surface area contributed by atoms with E-state index in [1.807, 2.05) is 0 Å². The van der Waals surface area contributed by atoms with E-state index >= 15 is 0 Å². The van der Waals surface area contributed by atoms with Gasteiger partial charge in [-0.2, -0.15) is 26.3 Å². The zero-order valence-electron chi connectivity index (χ0n) is 12.5. The number of hydrogen-bond donors (Lipinski definition) is 1. The van der Waals surface area contributed by atoms with Gasteiger partial charge in [-0.3, -0.25) is 0 Å². The molecule has 1 aliphatic carbocycles. The second-order valence-electron chi connectivity index (χ2n) is 5.36. The molecule has 137 valence electrons. The summed E-state index contributed by atoms with van der Waals surface area (Å²) >= 11 is 0. The topological polar surface area (TPSA) is 54.4 Å². The van der Waals surface area contributed by atoms with E-state index in [0.717, 1.165) is 12.5 Å². The number of alkyl halides is 6. The summed E-state index contributed by atoms with van der Waals surface area (Å²) in [5.41, 5.74) is -3.27. The summed E-state index contributed by atoms with van der Waals surface area (Å²) < 4.78 is 101. The van der Waals surface area contributed by atoms with Crippen LogP contribution in [0.5, 0.6) is 0 Å². The zero-order valence-corrected chi connectivity index (χ0v) is 13.4. The van der Waals surface area contributed by atoms with Crippen LogP contribution in [0, 0.1) is 6.42 Å². The molecule has 3 nitrogen and oxygen atoms in total. The van der Waals surface area contributed by atoms with Gasteiger partial charge < -0.3 is 5.11 Å². The molecule has 0 heterocycles. The fraction of sp³-hybridized carbons (Fsp3) is 0.267. The van der Waals surface area contributed by atoms with Crippen LogP contribution in [0.4, 0.5) is 26.3 Å². The molecule has 0 atom stereocenters. The zero-order chi connectivity index (χ0) is 19.2. The third kappa shape index (κ3) is 4.17. The molecule has 2 rings (SSSR count). The van der Waals surface area contributed by atoms with Crippen molar-refractivity contribution >= 4 is 15.4 Å². The minimum absolute atomic E-state index is 0.334. The lowest BCUT2D eigenvalue weighted by atomic mass is 9.92. The lowest BCUT2D eigenvalue weighted by Crippen LogP contribution is -2.16. The van der Waals surface area contributed by atoms with Crippen LogP contribution >= 0.6 is 0 Å². The molecular formula is C15H11F6O3S. The highest BCUT2D eigenvalue weighted by Crippen LogP contribution is 2.40. The second kappa shape index (κ2) is 6.08. The summed E-state index contributed by atoms with van der Waals surface area (Å²) in [7, 11) is -4.21. The van der Waals surface area contributed by atoms with E-state index in [0.29, 0.717) is 24.5 Å². The molecule has 0 amide bonds. The second-order valence-corrected chi connectivity index (χ2v) is 7.34. The van der Waals surface area contributed by atoms with Crippen LogP contribution < -0.4 is 0 Å². The lowest BCUT2D eigenvalue weighted by molar-refractivity contribution is -0.137. The number of sulfone groups is 1. The molecule has 0 aromatic heterocycles. The molecule has 0 unspecified atom stereocenters. The highest BCUT2D eigenvalue weighted by Gasteiger charge is 2.37. The molecule has 1 aromatic rings. The Morgan fingerprint density at radius 2 is 1.64 bits per heavy atom. The fourth-order valence-corrected chi connectivity index (χ4v) is 3.18. The van der Waals surface area contributed by atoms with Crippen molar-refractivity contribution in [2.75, 3.05) is 6.26 Å². The van der Waals surface area contributed by atoms with Gasteiger partial charge in [0, 0.05) is 29.4 Å². The van der Waals surface area contributed by atoms with Crippen LogP contribution in [-0.2, 0) is 16.0 Å². The maximum atomic E-state index is 12.9. The molecule has 10 heteroatoms. The van der Waals surface area contributed by atoms with E-state index in [9.17, 15) is 39.9 Å². The van der Waals surface area contributed by atoms with Gasteiger partial charge in [-0.15, -0.1) is 0 Å². The first-order valence-corrected chi connectivity index (χ1v) is 8.56. The average Bonchev–Trinajstić information content (AvgIpc) is 2.44. The highest BCUT2D eigenvalue weighted by atomic mass is 32.2. The van der Waals surface area contributed by atoms with Gasteiger partial charge in [0.25, 0.3) is 0 Å². The molecule has 0 spiro atoms. The van der Waals surface area contributed by atoms with Crippen molar-refractivity contribution in [3.63, 3.8) is 0 Å². The van der Waals surface area contributed by atoms with Crippen LogP contribution in [0.1, 0.15) is 17.5 Å². The quantitative estimate of drug-likeness (QED) is 0.764. The van der Waals surface area contributed by atoms with Gasteiger partial charge >= 0.3 is 12.4 Å². The number of benzene rings is 1. The SMILES string of the molecule is CS(=O)(=O)c1cc(C(F)(F)F)ccc1C1=C(O)[CH]CC(C(F)(F)F)=C1. The van der Waals surface area contributed by atoms with Gasteiger partial charge in [-0.05, 0) is 24.6 Å². The molecule has 0 bridgehead atoms. The Labute approximate surface area is 139 Å². The first-order chi connectivity index (χ1) is 11.2. The van der Waals surface area contributed by atoms with Gasteiger partial charge in [0.05, 0.1) is 10.5 Å². The first kappa shape index (κ1) is 19.4. The Bertz CT molecular complexity index is 860. The van der Waals surface area contributed by atoms with Crippen molar-refractivity contribution < 1.29 is 39.9 Å². The highest BCUT2D eigenvalue weighted by molar-refractivity contribution is 7.90. The molecule has 0 saturated carbocycles. The summed E-state index contributed by atoms with van der Waals surface area (Å²) in [6.45, 7) is 0. The van der Waals surface area contributed by atoms with Crippen molar-refractivity contribution in [1.82, 2.24) is 0 Å². The average molecular weight is 385 g/mol. The first-order valence-electron chi connectivity index (χ1n) is 6.67. The number of hydrogen-bond acceptors (Lipinski definition) is 3. The molecular weight excluding hydrogens is 374 g/mol. The van der Waals surface area contributed by atoms with Crippen molar-refractivity contribution in [3.05, 3.63) is 53.2 Å². The summed E-state index contributed by atoms with van der Waals surface area (Å²) in [5.74, 6) is -0.641. The normalized spacial score (nSPS) is 16.8. The van der Waals surface area contributed by atoms with E-state index in [2.05, 4.69) is 0 Å². The fourth-order valence-electron chi connectivity index (χ4n) is 2.26. The maximum Gasteiger partial charge on any atom is 0.416 e. The molecule has 1 N–H and O–H groups in total. The summed E-state index contributed by atoms with van der Waals surface area (Å²) in [5, 5.41) is 9.82. The summed E-state index contributed by atoms with van der Waals surface area (Å²) in [4.78, 5) is -0.822. The van der Waals surface area contributed by atoms with Gasteiger partial charge in [-0.25, -0.2) is 8.42 Å². The Morgan fingerprint density at radius 1 is 1.04 bits per heavy atom. The van der Waals surface area contributed by atoms with E-state index in [1.165, 1.54) is 0 Å². The Morgan fingerprint density at radius 3 is 2.12 bits per heavy atom. The standard InChI is InChI=1S/C15H11F6O3S/c1-25(23,24)13-7-9(15(19,20)21)2-4-10(13)11-6-8(14(16,17)18)3-5-12(11)22/h2,4-7,22H,3H2,1H3. The van der Waals surface area contributed by atoms with E-state index in [-0.39, 0.29) is 0 Å². The van der Waals surface area contributed by atoms with Crippen LogP contribution in [0.15, 0.2) is 40.5 Å². The monoisotopic (exact) mass is 385 g/mol. The van der Waals surface area contributed by atoms with Crippen LogP contribution in [0.3, 0.4) is 0 Å². The Kier molecular flexibility index (Phi) is 4.71. The van der Waals surface area contributed by atoms with Crippen molar-refractivity contribution in [1.29, 1.82) is 0 Å². The number of allylic oxidation sites excluding steroid dienone is 4. The largest absolute Gasteiger partial charge is 0.511 e. The molecule has 1 radical (unpaired) electrons. The minimum atomic E-state index is -4.83. The third-order valence-electron chi connectivity index (χ3n) is 3.47. The smallest absolute Gasteiger partial charge is 0.416 e. The summed E-state index contributed by atoms with van der Waals surface area (Å²) in [6.07, 6.45) is -8.20. The van der Waals surface area contributed by atoms with E-state index in [4.69, 9.17) is 0 Å². The molecule has 0 fully saturated rings. The van der Waals surface area contributed by atoms with Gasteiger partial charge in [0.15, 0.2) is 9.84 Å². The Hall–Kier alpha value is -1.97. The van der Waals surface area contributed by atoms with Gasteiger partial charge in [-0.1, -0.05) is 6.07 Å². The predicted molar refractivity (Wildman–Crippen MR) is 77.2 cm³/mol. The lowest BCUT2D eigenvalue weighted by Gasteiger charge is -2.20. The maximum absolute atomic E-state index is 12.9. The van der Waals surface area contributed by atoms with Gasteiger partial charge in [0.1, 0.15) is 5.76 Å². The number of halogens is 6. The van der Waals surface area contributed by atoms with Crippen LogP contribution in [-0.4, -0.2) is 26.0 Å². The molecule has 1 aromatic carbocycles. The number of rotatable bonds is 2. The van der Waals surface area contributed by atoms with E-state index in [1.54, 1.807) is 0 Å². The molecule has 1 aliphatic rings. The minimum Gasteiger partial charge on any atom is -0.511 e. The van der Waals surface area contributed by atoms with Crippen LogP contribution in [0.2, 0.25) is 0 Å². The molecule has 0 aliphatic heterocycles. The number of aliphatic hydroxyl groups is 1. The van der Waals surface area contributed by atoms with Crippen molar-refractivity contribution in [2.24, 2.45) is 0 Å². The van der Waals surface area contributed by atoms with Crippen LogP contribution in [0.25, 0.3) is 5.57 Å². The molecule has 25 heavy (non-hydrogen) atoms. The van der Waals surface area contributed by atoms with Gasteiger partial charge in [0.2, 0.25) is 0 Å². The van der Waals surface area contributed by atoms with Crippen molar-refractivity contribution in [2.45, 2.75) is 23.7 Å². The van der Waals surface area contributed by atoms with E-state index < -0.39 is 61.5 Å². The summed E-state index contributed by atoms with van der Waals surface area (Å²) in [6, 6.07) is 1.61. The van der Waals surface area contributed by atoms with Crippen molar-refractivity contribution in [3.8, 4) is 0 Å². The number of aliphatic hydroxyl groups excluding tert-OH is 1. The molecule has 0 saturated heterocycles. The Balaban J connectivity index is 2.72. The third-order valence-corrected chi connectivity index (χ3v) is 4.61.